The SMILES string of the molecule is CC(=O)NS(=O)(=O)c1ccc(NC(=O)[C@H]2CC(=O)N(c3ccc(Cl)cc3)C2)cc1. The van der Waals surface area contributed by atoms with Crippen LogP contribution in [0.15, 0.2) is 53.4 Å². The van der Waals surface area contributed by atoms with E-state index in [4.69, 9.17) is 11.6 Å². The Kier molecular flexibility index (Phi) is 5.90. The average molecular weight is 436 g/mol. The lowest BCUT2D eigenvalue weighted by atomic mass is 10.1. The maximum atomic E-state index is 12.5. The predicted octanol–water partition coefficient (Wildman–Crippen LogP) is 2.16. The highest BCUT2D eigenvalue weighted by Gasteiger charge is 2.35. The number of carbonyl (C=O) groups is 3. The number of benzene rings is 2. The van der Waals surface area contributed by atoms with Gasteiger partial charge in [-0.2, -0.15) is 0 Å². The van der Waals surface area contributed by atoms with Crippen molar-refractivity contribution in [2.45, 2.75) is 18.2 Å². The summed E-state index contributed by atoms with van der Waals surface area (Å²) in [5.41, 5.74) is 1.05. The fourth-order valence-electron chi connectivity index (χ4n) is 2.96. The molecule has 2 N–H and O–H groups in total. The van der Waals surface area contributed by atoms with E-state index in [1.54, 1.807) is 24.3 Å². The maximum Gasteiger partial charge on any atom is 0.264 e. The molecule has 1 aliphatic heterocycles. The van der Waals surface area contributed by atoms with Crippen LogP contribution >= 0.6 is 11.6 Å². The van der Waals surface area contributed by atoms with Crippen LogP contribution in [-0.4, -0.2) is 32.7 Å². The van der Waals surface area contributed by atoms with Crippen molar-refractivity contribution in [2.24, 2.45) is 5.92 Å². The lowest BCUT2D eigenvalue weighted by Gasteiger charge is -2.16. The monoisotopic (exact) mass is 435 g/mol. The second-order valence-corrected chi connectivity index (χ2v) is 8.68. The number of hydrogen-bond acceptors (Lipinski definition) is 5. The van der Waals surface area contributed by atoms with Crippen LogP contribution in [0.2, 0.25) is 5.02 Å². The van der Waals surface area contributed by atoms with E-state index in [-0.39, 0.29) is 29.7 Å². The van der Waals surface area contributed by atoms with Crippen molar-refractivity contribution in [3.05, 3.63) is 53.6 Å². The number of nitrogens with zero attached hydrogens (tertiary/aromatic N) is 1. The maximum absolute atomic E-state index is 12.5. The number of amides is 3. The van der Waals surface area contributed by atoms with Gasteiger partial charge < -0.3 is 10.2 Å². The Labute approximate surface area is 172 Å². The van der Waals surface area contributed by atoms with Gasteiger partial charge >= 0.3 is 0 Å². The van der Waals surface area contributed by atoms with Crippen LogP contribution in [0.25, 0.3) is 0 Å². The third-order valence-corrected chi connectivity index (χ3v) is 6.05. The van der Waals surface area contributed by atoms with Crippen molar-refractivity contribution in [2.75, 3.05) is 16.8 Å². The minimum absolute atomic E-state index is 0.0729. The molecule has 0 saturated carbocycles. The molecule has 1 fully saturated rings. The van der Waals surface area contributed by atoms with E-state index in [1.807, 2.05) is 4.72 Å². The normalized spacial score (nSPS) is 16.6. The zero-order chi connectivity index (χ0) is 21.2. The second-order valence-electron chi connectivity index (χ2n) is 6.56. The van der Waals surface area contributed by atoms with Gasteiger partial charge in [0.05, 0.1) is 10.8 Å². The molecule has 152 valence electrons. The molecule has 1 atom stereocenters. The summed E-state index contributed by atoms with van der Waals surface area (Å²) in [4.78, 5) is 37.2. The summed E-state index contributed by atoms with van der Waals surface area (Å²) in [7, 11) is -3.94. The van der Waals surface area contributed by atoms with Gasteiger partial charge in [0.25, 0.3) is 10.0 Å². The molecule has 0 aromatic heterocycles. The molecule has 0 spiro atoms. The molecule has 2 aromatic rings. The highest BCUT2D eigenvalue weighted by atomic mass is 35.5. The molecule has 0 radical (unpaired) electrons. The van der Waals surface area contributed by atoms with Gasteiger partial charge in [-0.25, -0.2) is 13.1 Å². The summed E-state index contributed by atoms with van der Waals surface area (Å²) in [5, 5.41) is 3.24. The van der Waals surface area contributed by atoms with Crippen molar-refractivity contribution in [1.29, 1.82) is 0 Å². The molecular weight excluding hydrogens is 418 g/mol. The zero-order valence-corrected chi connectivity index (χ0v) is 17.0. The van der Waals surface area contributed by atoms with Crippen molar-refractivity contribution in [3.63, 3.8) is 0 Å². The molecule has 8 nitrogen and oxygen atoms in total. The van der Waals surface area contributed by atoms with Gasteiger partial charge in [0.2, 0.25) is 17.7 Å². The molecule has 29 heavy (non-hydrogen) atoms. The fourth-order valence-corrected chi connectivity index (χ4v) is 4.08. The van der Waals surface area contributed by atoms with Crippen LogP contribution in [0.1, 0.15) is 13.3 Å². The van der Waals surface area contributed by atoms with E-state index in [0.717, 1.165) is 6.92 Å². The number of nitrogens with one attached hydrogen (secondary N) is 2. The summed E-state index contributed by atoms with van der Waals surface area (Å²) < 4.78 is 25.7. The van der Waals surface area contributed by atoms with Crippen LogP contribution in [0, 0.1) is 5.92 Å². The van der Waals surface area contributed by atoms with Crippen molar-refractivity contribution >= 4 is 50.7 Å². The van der Waals surface area contributed by atoms with Crippen LogP contribution in [-0.2, 0) is 24.4 Å². The Morgan fingerprint density at radius 2 is 1.69 bits per heavy atom. The van der Waals surface area contributed by atoms with E-state index in [1.165, 1.54) is 29.2 Å². The van der Waals surface area contributed by atoms with Crippen LogP contribution in [0.3, 0.4) is 0 Å². The van der Waals surface area contributed by atoms with Gasteiger partial charge in [-0.05, 0) is 48.5 Å². The molecular formula is C19H18ClN3O5S. The van der Waals surface area contributed by atoms with Gasteiger partial charge in [-0.1, -0.05) is 11.6 Å². The smallest absolute Gasteiger partial charge is 0.264 e. The molecule has 2 aromatic carbocycles. The number of anilines is 2. The van der Waals surface area contributed by atoms with Crippen LogP contribution in [0.5, 0.6) is 0 Å². The fraction of sp³-hybridized carbons (Fsp3) is 0.211. The molecule has 10 heteroatoms. The summed E-state index contributed by atoms with van der Waals surface area (Å²) >= 11 is 5.86. The third kappa shape index (κ3) is 4.93. The largest absolute Gasteiger partial charge is 0.326 e. The van der Waals surface area contributed by atoms with Crippen molar-refractivity contribution in [1.82, 2.24) is 4.72 Å². The van der Waals surface area contributed by atoms with E-state index < -0.39 is 21.8 Å². The summed E-state index contributed by atoms with van der Waals surface area (Å²) in [5.74, 6) is -1.74. The van der Waals surface area contributed by atoms with Gasteiger partial charge in [0.15, 0.2) is 0 Å². The average Bonchev–Trinajstić information content (AvgIpc) is 3.04. The van der Waals surface area contributed by atoms with E-state index in [9.17, 15) is 22.8 Å². The summed E-state index contributed by atoms with van der Waals surface area (Å²) in [6, 6.07) is 12.2. The number of sulfonamides is 1. The van der Waals surface area contributed by atoms with E-state index >= 15 is 0 Å². The lowest BCUT2D eigenvalue weighted by molar-refractivity contribution is -0.122. The first-order valence-corrected chi connectivity index (χ1v) is 10.5. The highest BCUT2D eigenvalue weighted by Crippen LogP contribution is 2.27. The zero-order valence-electron chi connectivity index (χ0n) is 15.4. The van der Waals surface area contributed by atoms with Crippen molar-refractivity contribution in [3.8, 4) is 0 Å². The molecule has 3 amide bonds. The predicted molar refractivity (Wildman–Crippen MR) is 108 cm³/mol. The number of hydrogen-bond donors (Lipinski definition) is 2. The highest BCUT2D eigenvalue weighted by molar-refractivity contribution is 7.90. The minimum atomic E-state index is -3.94. The van der Waals surface area contributed by atoms with Crippen molar-refractivity contribution < 1.29 is 22.8 Å². The Morgan fingerprint density at radius 3 is 2.28 bits per heavy atom. The van der Waals surface area contributed by atoms with Gasteiger partial charge in [0.1, 0.15) is 0 Å². The van der Waals surface area contributed by atoms with Crippen LogP contribution in [0.4, 0.5) is 11.4 Å². The molecule has 0 aliphatic carbocycles. The lowest BCUT2D eigenvalue weighted by Crippen LogP contribution is -2.28. The van der Waals surface area contributed by atoms with Gasteiger partial charge in [-0.15, -0.1) is 0 Å². The molecule has 0 unspecified atom stereocenters. The van der Waals surface area contributed by atoms with Gasteiger partial charge in [0, 0.05) is 36.3 Å². The van der Waals surface area contributed by atoms with E-state index in [2.05, 4.69) is 5.32 Å². The first-order chi connectivity index (χ1) is 13.7. The first-order valence-electron chi connectivity index (χ1n) is 8.66. The Bertz CT molecular complexity index is 1050. The third-order valence-electron chi connectivity index (χ3n) is 4.34. The van der Waals surface area contributed by atoms with Crippen LogP contribution < -0.4 is 14.9 Å². The Hall–Kier alpha value is -2.91. The van der Waals surface area contributed by atoms with E-state index in [0.29, 0.717) is 16.4 Å². The molecule has 1 saturated heterocycles. The number of carbonyl (C=O) groups excluding carboxylic acids is 3. The molecule has 0 bridgehead atoms. The minimum Gasteiger partial charge on any atom is -0.326 e. The quantitative estimate of drug-likeness (QED) is 0.747. The number of rotatable bonds is 5. The first kappa shape index (κ1) is 20.8. The molecule has 1 aliphatic rings. The standard InChI is InChI=1S/C19H18ClN3O5S/c1-12(24)22-29(27,28)17-8-4-15(5-9-17)21-19(26)13-10-18(25)23(11-13)16-6-2-14(20)3-7-16/h2-9,13H,10-11H2,1H3,(H,21,26)(H,22,24)/t13-/m0/s1. The Balaban J connectivity index is 1.65. The summed E-state index contributed by atoms with van der Waals surface area (Å²) in [6.45, 7) is 1.34. The Morgan fingerprint density at radius 1 is 1.07 bits per heavy atom. The number of halogens is 1. The molecule has 1 heterocycles. The topological polar surface area (TPSA) is 113 Å². The second kappa shape index (κ2) is 8.22. The molecule has 3 rings (SSSR count). The van der Waals surface area contributed by atoms with Gasteiger partial charge in [-0.3, -0.25) is 14.4 Å². The summed E-state index contributed by atoms with van der Waals surface area (Å²) in [6.07, 6.45) is 0.0729.